The summed E-state index contributed by atoms with van der Waals surface area (Å²) in [5.74, 6) is -0.934. The summed E-state index contributed by atoms with van der Waals surface area (Å²) < 4.78 is 1.50. The maximum Gasteiger partial charge on any atom is 0.305 e. The number of hydrogen-bond acceptors (Lipinski definition) is 4. The Balaban J connectivity index is 2.48. The van der Waals surface area contributed by atoms with E-state index in [1.807, 2.05) is 0 Å². The van der Waals surface area contributed by atoms with E-state index in [1.165, 1.54) is 16.8 Å². The molecule has 7 heteroatoms. The predicted molar refractivity (Wildman–Crippen MR) is 63.4 cm³/mol. The third kappa shape index (κ3) is 2.15. The number of carbonyl (C=O) groups is 1. The third-order valence-corrected chi connectivity index (χ3v) is 2.68. The van der Waals surface area contributed by atoms with Gasteiger partial charge in [-0.05, 0) is 13.0 Å². The molecule has 0 aliphatic carbocycles. The van der Waals surface area contributed by atoms with Crippen molar-refractivity contribution in [3.8, 4) is 0 Å². The zero-order valence-electron chi connectivity index (χ0n) is 9.61. The Morgan fingerprint density at radius 2 is 2.33 bits per heavy atom. The second-order valence-corrected chi connectivity index (χ2v) is 4.04. The van der Waals surface area contributed by atoms with Gasteiger partial charge in [0.25, 0.3) is 5.69 Å². The molecule has 1 aromatic carbocycles. The molecule has 0 fully saturated rings. The van der Waals surface area contributed by atoms with E-state index in [9.17, 15) is 14.9 Å². The number of hydrogen-bond donors (Lipinski definition) is 1. The van der Waals surface area contributed by atoms with Crippen molar-refractivity contribution in [2.75, 3.05) is 0 Å². The lowest BCUT2D eigenvalue weighted by Crippen LogP contribution is -2.11. The molecule has 1 unspecified atom stereocenters. The lowest BCUT2D eigenvalue weighted by Gasteiger charge is -2.10. The Bertz CT molecular complexity index is 620. The summed E-state index contributed by atoms with van der Waals surface area (Å²) in [6.45, 7) is 1.71. The quantitative estimate of drug-likeness (QED) is 0.659. The number of carboxylic acid groups (broad SMARTS) is 1. The van der Waals surface area contributed by atoms with Crippen LogP contribution in [0.25, 0.3) is 10.9 Å². The Hall–Kier alpha value is -2.44. The van der Waals surface area contributed by atoms with Crippen LogP contribution in [0.5, 0.6) is 0 Å². The second kappa shape index (κ2) is 4.44. The number of nitrogens with zero attached hydrogens (tertiary/aromatic N) is 3. The van der Waals surface area contributed by atoms with Crippen LogP contribution in [-0.4, -0.2) is 25.8 Å². The number of fused-ring (bicyclic) bond motifs is 1. The van der Waals surface area contributed by atoms with Gasteiger partial charge in [-0.25, -0.2) is 0 Å². The monoisotopic (exact) mass is 249 g/mol. The molecular weight excluding hydrogens is 238 g/mol. The molecule has 94 valence electrons. The fourth-order valence-corrected chi connectivity index (χ4v) is 1.83. The van der Waals surface area contributed by atoms with Gasteiger partial charge in [0, 0.05) is 17.5 Å². The topological polar surface area (TPSA) is 98.3 Å². The van der Waals surface area contributed by atoms with Crippen LogP contribution in [0, 0.1) is 10.1 Å². The number of rotatable bonds is 4. The lowest BCUT2D eigenvalue weighted by molar-refractivity contribution is -0.384. The number of nitro groups is 1. The van der Waals surface area contributed by atoms with Gasteiger partial charge in [0.2, 0.25) is 0 Å². The van der Waals surface area contributed by atoms with Gasteiger partial charge in [0.1, 0.15) is 0 Å². The van der Waals surface area contributed by atoms with Gasteiger partial charge in [-0.3, -0.25) is 19.6 Å². The van der Waals surface area contributed by atoms with E-state index < -0.39 is 10.9 Å². The minimum Gasteiger partial charge on any atom is -0.481 e. The molecule has 0 aliphatic rings. The molecule has 1 atom stereocenters. The molecule has 1 heterocycles. The first-order valence-corrected chi connectivity index (χ1v) is 5.32. The van der Waals surface area contributed by atoms with Crippen LogP contribution in [0.3, 0.4) is 0 Å². The van der Waals surface area contributed by atoms with E-state index in [1.54, 1.807) is 19.2 Å². The molecule has 0 spiro atoms. The number of aliphatic carboxylic acids is 1. The SMILES string of the molecule is CC(CC(=O)O)n1ncc2ccc([N+](=O)[O-])cc21. The number of carboxylic acids is 1. The van der Waals surface area contributed by atoms with Gasteiger partial charge >= 0.3 is 5.97 Å². The Morgan fingerprint density at radius 1 is 1.61 bits per heavy atom. The van der Waals surface area contributed by atoms with E-state index in [0.717, 1.165) is 5.39 Å². The predicted octanol–water partition coefficient (Wildman–Crippen LogP) is 1.98. The highest BCUT2D eigenvalue weighted by Crippen LogP contribution is 2.24. The van der Waals surface area contributed by atoms with Crippen LogP contribution in [0.2, 0.25) is 0 Å². The lowest BCUT2D eigenvalue weighted by atomic mass is 10.2. The molecule has 0 saturated carbocycles. The fourth-order valence-electron chi connectivity index (χ4n) is 1.83. The van der Waals surface area contributed by atoms with Crippen molar-refractivity contribution in [1.82, 2.24) is 9.78 Å². The van der Waals surface area contributed by atoms with E-state index in [2.05, 4.69) is 5.10 Å². The maximum absolute atomic E-state index is 10.7. The largest absolute Gasteiger partial charge is 0.481 e. The smallest absolute Gasteiger partial charge is 0.305 e. The molecule has 2 aromatic rings. The molecule has 0 bridgehead atoms. The first kappa shape index (κ1) is 12.0. The van der Waals surface area contributed by atoms with Crippen molar-refractivity contribution in [3.05, 3.63) is 34.5 Å². The van der Waals surface area contributed by atoms with Crippen molar-refractivity contribution in [2.24, 2.45) is 0 Å². The summed E-state index contributed by atoms with van der Waals surface area (Å²) in [5.41, 5.74) is 0.532. The molecule has 0 aliphatic heterocycles. The van der Waals surface area contributed by atoms with E-state index in [4.69, 9.17) is 5.11 Å². The van der Waals surface area contributed by atoms with Gasteiger partial charge in [0.15, 0.2) is 0 Å². The fraction of sp³-hybridized carbons (Fsp3) is 0.273. The number of benzene rings is 1. The molecule has 2 rings (SSSR count). The van der Waals surface area contributed by atoms with Crippen LogP contribution in [-0.2, 0) is 4.79 Å². The van der Waals surface area contributed by atoms with Crippen molar-refractivity contribution >= 4 is 22.6 Å². The minimum atomic E-state index is -0.934. The molecule has 0 saturated heterocycles. The van der Waals surface area contributed by atoms with Gasteiger partial charge in [-0.15, -0.1) is 0 Å². The Morgan fingerprint density at radius 3 is 2.94 bits per heavy atom. The summed E-state index contributed by atoms with van der Waals surface area (Å²) >= 11 is 0. The number of nitro benzene ring substituents is 1. The highest BCUT2D eigenvalue weighted by molar-refractivity contribution is 5.81. The van der Waals surface area contributed by atoms with Crippen molar-refractivity contribution in [2.45, 2.75) is 19.4 Å². The maximum atomic E-state index is 10.7. The normalized spacial score (nSPS) is 12.5. The van der Waals surface area contributed by atoms with Gasteiger partial charge in [-0.1, -0.05) is 0 Å². The third-order valence-electron chi connectivity index (χ3n) is 2.68. The van der Waals surface area contributed by atoms with Crippen LogP contribution < -0.4 is 0 Å². The van der Waals surface area contributed by atoms with Crippen molar-refractivity contribution in [3.63, 3.8) is 0 Å². The molecule has 0 radical (unpaired) electrons. The van der Waals surface area contributed by atoms with Gasteiger partial charge < -0.3 is 5.11 Å². The van der Waals surface area contributed by atoms with Crippen LogP contribution in [0.4, 0.5) is 5.69 Å². The number of non-ortho nitro benzene ring substituents is 1. The molecule has 1 aromatic heterocycles. The average Bonchev–Trinajstić information content (AvgIpc) is 2.70. The zero-order valence-corrected chi connectivity index (χ0v) is 9.61. The molecular formula is C11H11N3O4. The highest BCUT2D eigenvalue weighted by atomic mass is 16.6. The van der Waals surface area contributed by atoms with Crippen LogP contribution in [0.15, 0.2) is 24.4 Å². The molecule has 0 amide bonds. The summed E-state index contributed by atoms with van der Waals surface area (Å²) in [6, 6.07) is 4.04. The second-order valence-electron chi connectivity index (χ2n) is 4.04. The van der Waals surface area contributed by atoms with Crippen molar-refractivity contribution in [1.29, 1.82) is 0 Å². The standard InChI is InChI=1S/C11H11N3O4/c1-7(4-11(15)16)13-10-5-9(14(17)18)3-2-8(10)6-12-13/h2-3,5-7H,4H2,1H3,(H,15,16). The molecule has 1 N–H and O–H groups in total. The van der Waals surface area contributed by atoms with E-state index in [-0.39, 0.29) is 18.2 Å². The van der Waals surface area contributed by atoms with Gasteiger partial charge in [0.05, 0.1) is 29.1 Å². The average molecular weight is 249 g/mol. The van der Waals surface area contributed by atoms with Crippen LogP contribution >= 0.6 is 0 Å². The van der Waals surface area contributed by atoms with Gasteiger partial charge in [-0.2, -0.15) is 5.10 Å². The first-order valence-electron chi connectivity index (χ1n) is 5.32. The van der Waals surface area contributed by atoms with E-state index in [0.29, 0.717) is 5.52 Å². The van der Waals surface area contributed by atoms with Crippen molar-refractivity contribution < 1.29 is 14.8 Å². The molecule has 7 nitrogen and oxygen atoms in total. The minimum absolute atomic E-state index is 0.0354. The summed E-state index contributed by atoms with van der Waals surface area (Å²) in [6.07, 6.45) is 1.48. The zero-order chi connectivity index (χ0) is 13.3. The van der Waals surface area contributed by atoms with Crippen LogP contribution in [0.1, 0.15) is 19.4 Å². The first-order chi connectivity index (χ1) is 8.49. The highest BCUT2D eigenvalue weighted by Gasteiger charge is 2.15. The molecule has 18 heavy (non-hydrogen) atoms. The summed E-state index contributed by atoms with van der Waals surface area (Å²) in [5, 5.41) is 24.3. The summed E-state index contributed by atoms with van der Waals surface area (Å²) in [7, 11) is 0. The number of aromatic nitrogens is 2. The Kier molecular flexibility index (Phi) is 2.97. The Labute approximate surface area is 102 Å². The van der Waals surface area contributed by atoms with E-state index >= 15 is 0 Å². The summed E-state index contributed by atoms with van der Waals surface area (Å²) in [4.78, 5) is 20.9.